The largest absolute Gasteiger partial charge is 0.493 e. The molecule has 0 amide bonds. The molecule has 1 aromatic carbocycles. The smallest absolute Gasteiger partial charge is 0.302 e. The third kappa shape index (κ3) is 3.93. The van der Waals surface area contributed by atoms with Crippen LogP contribution in [0.2, 0.25) is 0 Å². The minimum absolute atomic E-state index is 0.0165. The van der Waals surface area contributed by atoms with Crippen LogP contribution in [0.3, 0.4) is 0 Å². The molecule has 0 bridgehead atoms. The van der Waals surface area contributed by atoms with E-state index in [-0.39, 0.29) is 22.9 Å². The zero-order chi connectivity index (χ0) is 25.7. The molecule has 36 heavy (non-hydrogen) atoms. The summed E-state index contributed by atoms with van der Waals surface area (Å²) in [4.78, 5) is 11.5. The first-order chi connectivity index (χ1) is 17.2. The highest BCUT2D eigenvalue weighted by Crippen LogP contribution is 2.65. The molecule has 6 atom stereocenters. The first-order valence-corrected chi connectivity index (χ1v) is 13.3. The van der Waals surface area contributed by atoms with Gasteiger partial charge in [-0.3, -0.25) is 4.79 Å². The molecule has 0 spiro atoms. The molecule has 3 saturated carbocycles. The molecule has 4 aliphatic carbocycles. The molecule has 6 heteroatoms. The van der Waals surface area contributed by atoms with E-state index >= 15 is 0 Å². The normalized spacial score (nSPS) is 37.5. The Morgan fingerprint density at radius 1 is 1.06 bits per heavy atom. The molecule has 1 N–H and O–H groups in total. The third-order valence-electron chi connectivity index (χ3n) is 9.91. The van der Waals surface area contributed by atoms with Crippen molar-refractivity contribution in [1.29, 1.82) is 0 Å². The van der Waals surface area contributed by atoms with Gasteiger partial charge in [-0.2, -0.15) is 0 Å². The standard InChI is InChI=1S/C30H39NO5/c1-18(32)36-22-10-12-29(2)21(17-22)7-8-23-24(29)11-13-30(3)25(23)16-20(28(30)31-33)14-19-6-9-26(34-4)27(15-19)35-5/h6-7,9,14-15,22-25,33H,8,10-13,16-17H2,1-5H3/t22-,23+,24-,25-,29-,30-/m0/s1. The molecule has 0 aliphatic heterocycles. The summed E-state index contributed by atoms with van der Waals surface area (Å²) in [5.41, 5.74) is 4.50. The summed E-state index contributed by atoms with van der Waals surface area (Å²) >= 11 is 0. The maximum Gasteiger partial charge on any atom is 0.302 e. The van der Waals surface area contributed by atoms with Crippen molar-refractivity contribution in [3.05, 3.63) is 41.0 Å². The second-order valence-corrected chi connectivity index (χ2v) is 11.6. The van der Waals surface area contributed by atoms with E-state index in [9.17, 15) is 10.0 Å². The number of fused-ring (bicyclic) bond motifs is 5. The van der Waals surface area contributed by atoms with Crippen molar-refractivity contribution in [3.63, 3.8) is 0 Å². The number of esters is 1. The first-order valence-electron chi connectivity index (χ1n) is 13.3. The van der Waals surface area contributed by atoms with Gasteiger partial charge in [0, 0.05) is 18.8 Å². The lowest BCUT2D eigenvalue weighted by Gasteiger charge is -2.57. The zero-order valence-electron chi connectivity index (χ0n) is 22.2. The SMILES string of the molecule is COc1ccc(C=C2C[C@H]3[C@@H]4CC=C5C[C@@H](OC(C)=O)CC[C@]5(C)[C@H]4CC[C@]3(C)C2=NO)cc1OC. The fraction of sp³-hybridized carbons (Fsp3) is 0.600. The van der Waals surface area contributed by atoms with Crippen molar-refractivity contribution in [2.75, 3.05) is 14.2 Å². The average molecular weight is 494 g/mol. The van der Waals surface area contributed by atoms with Crippen LogP contribution in [0.1, 0.15) is 71.3 Å². The van der Waals surface area contributed by atoms with Gasteiger partial charge in [0.2, 0.25) is 0 Å². The Morgan fingerprint density at radius 2 is 1.81 bits per heavy atom. The van der Waals surface area contributed by atoms with Gasteiger partial charge in [0.05, 0.1) is 19.9 Å². The van der Waals surface area contributed by atoms with Crippen LogP contribution in [0.4, 0.5) is 0 Å². The van der Waals surface area contributed by atoms with Crippen molar-refractivity contribution in [3.8, 4) is 11.5 Å². The second kappa shape index (κ2) is 9.28. The highest BCUT2D eigenvalue weighted by atomic mass is 16.5. The van der Waals surface area contributed by atoms with Crippen LogP contribution in [0.15, 0.2) is 40.6 Å². The molecule has 1 aromatic rings. The number of benzene rings is 1. The Bertz CT molecular complexity index is 1140. The number of oxime groups is 1. The van der Waals surface area contributed by atoms with Gasteiger partial charge in [-0.1, -0.05) is 36.7 Å². The van der Waals surface area contributed by atoms with E-state index in [0.29, 0.717) is 29.3 Å². The summed E-state index contributed by atoms with van der Waals surface area (Å²) in [6, 6.07) is 5.92. The summed E-state index contributed by atoms with van der Waals surface area (Å²) in [7, 11) is 3.28. The van der Waals surface area contributed by atoms with Crippen LogP contribution in [0, 0.1) is 28.6 Å². The summed E-state index contributed by atoms with van der Waals surface area (Å²) < 4.78 is 16.5. The van der Waals surface area contributed by atoms with E-state index in [0.717, 1.165) is 61.8 Å². The van der Waals surface area contributed by atoms with E-state index in [1.54, 1.807) is 14.2 Å². The molecule has 3 fully saturated rings. The fourth-order valence-corrected chi connectivity index (χ4v) is 8.10. The maximum absolute atomic E-state index is 11.5. The number of allylic oxidation sites excluding steroid dienone is 2. The number of carbonyl (C=O) groups excluding carboxylic acids is 1. The van der Waals surface area contributed by atoms with Crippen LogP contribution < -0.4 is 9.47 Å². The summed E-state index contributed by atoms with van der Waals surface area (Å²) in [5.74, 6) is 2.81. The average Bonchev–Trinajstić information content (AvgIpc) is 3.14. The number of nitrogens with zero attached hydrogens (tertiary/aromatic N) is 1. The lowest BCUT2D eigenvalue weighted by atomic mass is 9.48. The van der Waals surface area contributed by atoms with Gasteiger partial charge < -0.3 is 19.4 Å². The Morgan fingerprint density at radius 3 is 2.50 bits per heavy atom. The van der Waals surface area contributed by atoms with Crippen molar-refractivity contribution >= 4 is 17.8 Å². The van der Waals surface area contributed by atoms with Gasteiger partial charge in [-0.25, -0.2) is 0 Å². The minimum atomic E-state index is -0.179. The molecule has 6 nitrogen and oxygen atoms in total. The van der Waals surface area contributed by atoms with Crippen LogP contribution in [-0.4, -0.2) is 37.2 Å². The van der Waals surface area contributed by atoms with Crippen molar-refractivity contribution < 1.29 is 24.2 Å². The zero-order valence-corrected chi connectivity index (χ0v) is 22.2. The molecule has 0 radical (unpaired) electrons. The van der Waals surface area contributed by atoms with Gasteiger partial charge in [-0.05, 0) is 91.0 Å². The lowest BCUT2D eigenvalue weighted by molar-refractivity contribution is -0.148. The minimum Gasteiger partial charge on any atom is -0.493 e. The number of rotatable bonds is 4. The molecule has 0 unspecified atom stereocenters. The quantitative estimate of drug-likeness (QED) is 0.227. The van der Waals surface area contributed by atoms with Gasteiger partial charge in [0.25, 0.3) is 0 Å². The Labute approximate surface area is 214 Å². The predicted octanol–water partition coefficient (Wildman–Crippen LogP) is 6.42. The molecule has 194 valence electrons. The fourth-order valence-electron chi connectivity index (χ4n) is 8.10. The van der Waals surface area contributed by atoms with E-state index in [1.165, 1.54) is 12.5 Å². The first kappa shape index (κ1) is 24.9. The van der Waals surface area contributed by atoms with Crippen LogP contribution in [-0.2, 0) is 9.53 Å². The molecular formula is C30H39NO5. The number of hydrogen-bond acceptors (Lipinski definition) is 6. The summed E-state index contributed by atoms with van der Waals surface area (Å²) in [5, 5.41) is 14.1. The van der Waals surface area contributed by atoms with Crippen molar-refractivity contribution in [2.45, 2.75) is 71.8 Å². The maximum atomic E-state index is 11.5. The molecule has 0 aromatic heterocycles. The molecule has 4 aliphatic rings. The monoisotopic (exact) mass is 493 g/mol. The van der Waals surface area contributed by atoms with Gasteiger partial charge in [0.15, 0.2) is 11.5 Å². The van der Waals surface area contributed by atoms with Gasteiger partial charge in [-0.15, -0.1) is 0 Å². The van der Waals surface area contributed by atoms with Gasteiger partial charge in [0.1, 0.15) is 6.10 Å². The Kier molecular flexibility index (Phi) is 6.42. The van der Waals surface area contributed by atoms with E-state index in [2.05, 4.69) is 31.2 Å². The molecule has 0 heterocycles. The second-order valence-electron chi connectivity index (χ2n) is 11.6. The van der Waals surface area contributed by atoms with Crippen LogP contribution >= 0.6 is 0 Å². The molecule has 5 rings (SSSR count). The summed E-state index contributed by atoms with van der Waals surface area (Å²) in [6.07, 6.45) is 11.6. The molecule has 0 saturated heterocycles. The van der Waals surface area contributed by atoms with Gasteiger partial charge >= 0.3 is 5.97 Å². The van der Waals surface area contributed by atoms with E-state index in [1.807, 2.05) is 18.2 Å². The lowest BCUT2D eigenvalue weighted by Crippen LogP contribution is -2.50. The number of hydrogen-bond donors (Lipinski definition) is 1. The highest BCUT2D eigenvalue weighted by Gasteiger charge is 2.59. The van der Waals surface area contributed by atoms with Crippen LogP contribution in [0.25, 0.3) is 6.08 Å². The van der Waals surface area contributed by atoms with Crippen molar-refractivity contribution in [1.82, 2.24) is 0 Å². The Hall–Kier alpha value is -2.76. The third-order valence-corrected chi connectivity index (χ3v) is 9.91. The topological polar surface area (TPSA) is 77.4 Å². The number of methoxy groups -OCH3 is 2. The summed E-state index contributed by atoms with van der Waals surface area (Å²) in [6.45, 7) is 6.25. The predicted molar refractivity (Wildman–Crippen MR) is 139 cm³/mol. The van der Waals surface area contributed by atoms with Crippen LogP contribution in [0.5, 0.6) is 11.5 Å². The Balaban J connectivity index is 1.44. The van der Waals surface area contributed by atoms with E-state index < -0.39 is 0 Å². The van der Waals surface area contributed by atoms with E-state index in [4.69, 9.17) is 14.2 Å². The molecular weight excluding hydrogens is 454 g/mol. The van der Waals surface area contributed by atoms with Crippen molar-refractivity contribution in [2.24, 2.45) is 33.7 Å². The number of carbonyl (C=O) groups is 1. The highest BCUT2D eigenvalue weighted by molar-refractivity contribution is 6.09. The number of ether oxygens (including phenoxy) is 3.